The van der Waals surface area contributed by atoms with Crippen LogP contribution in [0.5, 0.6) is 0 Å². The fourth-order valence-corrected chi connectivity index (χ4v) is 1.71. The quantitative estimate of drug-likeness (QED) is 0.790. The average molecular weight is 316 g/mol. The van der Waals surface area contributed by atoms with Gasteiger partial charge in [-0.2, -0.15) is 0 Å². The number of aliphatic carboxylic acids is 1. The van der Waals surface area contributed by atoms with Gasteiger partial charge in [0.25, 0.3) is 5.91 Å². The Bertz CT molecular complexity index is 522. The van der Waals surface area contributed by atoms with Gasteiger partial charge in [0, 0.05) is 26.1 Å². The van der Waals surface area contributed by atoms with Crippen molar-refractivity contribution >= 4 is 23.5 Å². The largest absolute Gasteiger partial charge is 0.480 e. The maximum absolute atomic E-state index is 12.1. The molecule has 1 amide bonds. The van der Waals surface area contributed by atoms with Gasteiger partial charge in [-0.25, -0.2) is 14.8 Å². The van der Waals surface area contributed by atoms with E-state index in [0.717, 1.165) is 0 Å². The minimum Gasteiger partial charge on any atom is -0.480 e. The topological polar surface area (TPSA) is 101 Å². The van der Waals surface area contributed by atoms with Crippen molar-refractivity contribution in [1.29, 1.82) is 0 Å². The highest BCUT2D eigenvalue weighted by atomic mass is 35.5. The summed E-state index contributed by atoms with van der Waals surface area (Å²) in [5.74, 6) is -1.30. The number of halogens is 1. The van der Waals surface area contributed by atoms with Gasteiger partial charge in [0.1, 0.15) is 17.6 Å². The van der Waals surface area contributed by atoms with Crippen LogP contribution in [0.2, 0.25) is 5.02 Å². The summed E-state index contributed by atoms with van der Waals surface area (Å²) in [6.45, 7) is 3.97. The third-order valence-corrected chi connectivity index (χ3v) is 2.98. The Morgan fingerprint density at radius 2 is 2.14 bits per heavy atom. The molecule has 8 heteroatoms. The van der Waals surface area contributed by atoms with E-state index in [9.17, 15) is 9.59 Å². The van der Waals surface area contributed by atoms with Crippen LogP contribution in [0.25, 0.3) is 0 Å². The highest BCUT2D eigenvalue weighted by Gasteiger charge is 2.23. The number of carbonyl (C=O) groups excluding carboxylic acids is 1. The Balaban J connectivity index is 2.91. The van der Waals surface area contributed by atoms with E-state index in [-0.39, 0.29) is 29.7 Å². The molecule has 0 aromatic carbocycles. The molecule has 0 fully saturated rings. The van der Waals surface area contributed by atoms with Crippen LogP contribution in [-0.2, 0) is 9.53 Å². The Hall–Kier alpha value is -1.73. The third-order valence-electron chi connectivity index (χ3n) is 2.71. The zero-order valence-corrected chi connectivity index (χ0v) is 12.8. The molecular formula is C13H18ClN3O4. The predicted molar refractivity (Wildman–Crippen MR) is 76.5 cm³/mol. The highest BCUT2D eigenvalue weighted by molar-refractivity contribution is 6.33. The van der Waals surface area contributed by atoms with E-state index < -0.39 is 17.9 Å². The molecule has 1 rings (SSSR count). The number of hydrogen-bond donors (Lipinski definition) is 2. The lowest BCUT2D eigenvalue weighted by molar-refractivity contribution is -0.139. The first-order chi connectivity index (χ1) is 9.86. The molecule has 0 aliphatic carbocycles. The van der Waals surface area contributed by atoms with Gasteiger partial charge in [-0.15, -0.1) is 0 Å². The molecule has 7 nitrogen and oxygen atoms in total. The smallest absolute Gasteiger partial charge is 0.326 e. The number of ether oxygens (including phenoxy) is 1. The van der Waals surface area contributed by atoms with E-state index in [0.29, 0.717) is 5.82 Å². The van der Waals surface area contributed by atoms with Gasteiger partial charge in [-0.3, -0.25) is 4.79 Å². The zero-order chi connectivity index (χ0) is 16.0. The summed E-state index contributed by atoms with van der Waals surface area (Å²) in [5, 5.41) is 11.5. The molecule has 0 spiro atoms. The van der Waals surface area contributed by atoms with Crippen molar-refractivity contribution in [3.8, 4) is 0 Å². The molecule has 0 radical (unpaired) electrons. The lowest BCUT2D eigenvalue weighted by atomic mass is 10.2. The second-order valence-electron chi connectivity index (χ2n) is 4.73. The van der Waals surface area contributed by atoms with E-state index in [1.165, 1.54) is 13.3 Å². The molecule has 0 saturated carbocycles. The van der Waals surface area contributed by atoms with Gasteiger partial charge in [0.15, 0.2) is 0 Å². The lowest BCUT2D eigenvalue weighted by Crippen LogP contribution is -2.42. The number of carboxylic acid groups (broad SMARTS) is 1. The van der Waals surface area contributed by atoms with Gasteiger partial charge in [-0.1, -0.05) is 25.4 Å². The van der Waals surface area contributed by atoms with Crippen LogP contribution in [0.3, 0.4) is 0 Å². The normalized spacial score (nSPS) is 12.2. The van der Waals surface area contributed by atoms with E-state index >= 15 is 0 Å². The van der Waals surface area contributed by atoms with Crippen LogP contribution in [0.1, 0.15) is 42.5 Å². The van der Waals surface area contributed by atoms with Crippen LogP contribution >= 0.6 is 11.6 Å². The second kappa shape index (κ2) is 7.90. The number of hydrogen-bond acceptors (Lipinski definition) is 5. The number of amides is 1. The Labute approximate surface area is 127 Å². The summed E-state index contributed by atoms with van der Waals surface area (Å²) in [7, 11) is 1.46. The third kappa shape index (κ3) is 4.95. The van der Waals surface area contributed by atoms with Crippen molar-refractivity contribution in [2.24, 2.45) is 0 Å². The number of rotatable bonds is 7. The van der Waals surface area contributed by atoms with E-state index in [1.807, 2.05) is 13.8 Å². The number of methoxy groups -OCH3 is 1. The van der Waals surface area contributed by atoms with Crippen molar-refractivity contribution in [3.05, 3.63) is 22.7 Å². The summed E-state index contributed by atoms with van der Waals surface area (Å²) in [4.78, 5) is 31.3. The van der Waals surface area contributed by atoms with Crippen molar-refractivity contribution < 1.29 is 19.4 Å². The van der Waals surface area contributed by atoms with E-state index in [4.69, 9.17) is 21.4 Å². The molecule has 1 atom stereocenters. The number of aromatic nitrogens is 2. The number of nitrogens with one attached hydrogen (secondary N) is 1. The SMILES string of the molecule is COCCC(NC(=O)c1nc(C(C)C)ncc1Cl)C(=O)O. The molecule has 0 aliphatic heterocycles. The fraction of sp³-hybridized carbons (Fsp3) is 0.538. The second-order valence-corrected chi connectivity index (χ2v) is 5.13. The molecule has 116 valence electrons. The standard InChI is InChI=1S/C13H18ClN3O4/c1-7(2)11-15-6-8(14)10(17-11)12(18)16-9(13(19)20)4-5-21-3/h6-7,9H,4-5H2,1-3H3,(H,16,18)(H,19,20). The number of nitrogens with zero attached hydrogens (tertiary/aromatic N) is 2. The van der Waals surface area contributed by atoms with Crippen LogP contribution in [-0.4, -0.2) is 46.7 Å². The molecule has 1 aromatic rings. The van der Waals surface area contributed by atoms with Crippen molar-refractivity contribution in [2.75, 3.05) is 13.7 Å². The van der Waals surface area contributed by atoms with Crippen LogP contribution in [0.15, 0.2) is 6.20 Å². The average Bonchev–Trinajstić information content (AvgIpc) is 2.42. The summed E-state index contributed by atoms with van der Waals surface area (Å²) >= 11 is 5.91. The first kappa shape index (κ1) is 17.3. The van der Waals surface area contributed by atoms with Crippen molar-refractivity contribution in [1.82, 2.24) is 15.3 Å². The van der Waals surface area contributed by atoms with Crippen molar-refractivity contribution in [3.63, 3.8) is 0 Å². The minimum absolute atomic E-state index is 0.0255. The maximum atomic E-state index is 12.1. The van der Waals surface area contributed by atoms with E-state index in [2.05, 4.69) is 15.3 Å². The zero-order valence-electron chi connectivity index (χ0n) is 12.1. The molecule has 2 N–H and O–H groups in total. The monoisotopic (exact) mass is 315 g/mol. The first-order valence-electron chi connectivity index (χ1n) is 6.41. The fourth-order valence-electron chi connectivity index (χ4n) is 1.54. The molecule has 1 aromatic heterocycles. The van der Waals surface area contributed by atoms with E-state index in [1.54, 1.807) is 0 Å². The van der Waals surface area contributed by atoms with Gasteiger partial charge < -0.3 is 15.2 Å². The molecule has 1 heterocycles. The summed E-state index contributed by atoms with van der Waals surface area (Å²) < 4.78 is 4.82. The molecule has 0 aliphatic rings. The lowest BCUT2D eigenvalue weighted by Gasteiger charge is -2.14. The van der Waals surface area contributed by atoms with Crippen LogP contribution in [0.4, 0.5) is 0 Å². The highest BCUT2D eigenvalue weighted by Crippen LogP contribution is 2.16. The number of carbonyl (C=O) groups is 2. The van der Waals surface area contributed by atoms with Gasteiger partial charge in [0.05, 0.1) is 11.2 Å². The molecule has 0 bridgehead atoms. The maximum Gasteiger partial charge on any atom is 0.326 e. The first-order valence-corrected chi connectivity index (χ1v) is 6.79. The van der Waals surface area contributed by atoms with Crippen LogP contribution < -0.4 is 5.32 Å². The molecular weight excluding hydrogens is 298 g/mol. The number of carboxylic acids is 1. The summed E-state index contributed by atoms with van der Waals surface area (Å²) in [6.07, 6.45) is 1.49. The summed E-state index contributed by atoms with van der Waals surface area (Å²) in [5.41, 5.74) is -0.0287. The van der Waals surface area contributed by atoms with Gasteiger partial charge in [0.2, 0.25) is 0 Å². The molecule has 21 heavy (non-hydrogen) atoms. The van der Waals surface area contributed by atoms with Gasteiger partial charge >= 0.3 is 5.97 Å². The van der Waals surface area contributed by atoms with Gasteiger partial charge in [-0.05, 0) is 0 Å². The molecule has 1 unspecified atom stereocenters. The molecule has 0 saturated heterocycles. The predicted octanol–water partition coefficient (Wildman–Crippen LogP) is 1.47. The summed E-state index contributed by atoms with van der Waals surface area (Å²) in [6, 6.07) is -1.06. The van der Waals surface area contributed by atoms with Crippen molar-refractivity contribution in [2.45, 2.75) is 32.2 Å². The van der Waals surface area contributed by atoms with Crippen LogP contribution in [0, 0.1) is 0 Å². The Morgan fingerprint density at radius 3 is 2.67 bits per heavy atom. The minimum atomic E-state index is -1.14. The Kier molecular flexibility index (Phi) is 6.51. The Morgan fingerprint density at radius 1 is 1.48 bits per heavy atom.